The van der Waals surface area contributed by atoms with Crippen LogP contribution < -0.4 is 10.6 Å². The molecule has 1 amide bonds. The van der Waals surface area contributed by atoms with E-state index in [4.69, 9.17) is 0 Å². The molecule has 1 aliphatic rings. The average molecular weight is 220 g/mol. The molecule has 2 rings (SSSR count). The predicted octanol–water partition coefficient (Wildman–Crippen LogP) is 0.0924. The number of hydrogen-bond acceptors (Lipinski definition) is 4. The molecule has 0 radical (unpaired) electrons. The predicted molar refractivity (Wildman–Crippen MR) is 59.5 cm³/mol. The monoisotopic (exact) mass is 220 g/mol. The van der Waals surface area contributed by atoms with E-state index in [2.05, 4.69) is 20.6 Å². The Morgan fingerprint density at radius 1 is 1.62 bits per heavy atom. The molecule has 0 aromatic carbocycles. The lowest BCUT2D eigenvalue weighted by Gasteiger charge is -2.08. The summed E-state index contributed by atoms with van der Waals surface area (Å²) in [6.07, 6.45) is 4.87. The molecule has 1 aromatic rings. The summed E-state index contributed by atoms with van der Waals surface area (Å²) in [7, 11) is 0. The summed E-state index contributed by atoms with van der Waals surface area (Å²) in [6, 6.07) is 1.80. The van der Waals surface area contributed by atoms with Crippen LogP contribution in [-0.2, 0) is 11.3 Å². The molecule has 1 unspecified atom stereocenters. The fourth-order valence-corrected chi connectivity index (χ4v) is 1.83. The van der Waals surface area contributed by atoms with Crippen molar-refractivity contribution in [3.63, 3.8) is 0 Å². The summed E-state index contributed by atoms with van der Waals surface area (Å²) in [5, 5.41) is 6.12. The van der Waals surface area contributed by atoms with E-state index in [1.165, 1.54) is 6.33 Å². The Kier molecular flexibility index (Phi) is 3.82. The van der Waals surface area contributed by atoms with Crippen LogP contribution in [0.25, 0.3) is 0 Å². The van der Waals surface area contributed by atoms with E-state index in [1.54, 1.807) is 12.3 Å². The summed E-state index contributed by atoms with van der Waals surface area (Å²) in [4.78, 5) is 19.5. The second-order valence-electron chi connectivity index (χ2n) is 4.04. The molecule has 5 heteroatoms. The minimum atomic E-state index is 0.104. The molecular weight excluding hydrogens is 204 g/mol. The second-order valence-corrected chi connectivity index (χ2v) is 4.04. The largest absolute Gasteiger partial charge is 0.350 e. The van der Waals surface area contributed by atoms with Gasteiger partial charge in [-0.25, -0.2) is 9.97 Å². The van der Waals surface area contributed by atoms with Crippen molar-refractivity contribution in [3.05, 3.63) is 24.3 Å². The Bertz CT molecular complexity index is 335. The molecule has 0 bridgehead atoms. The number of hydrogen-bond donors (Lipinski definition) is 2. The first-order valence-electron chi connectivity index (χ1n) is 5.57. The molecule has 1 fully saturated rings. The maximum Gasteiger partial charge on any atom is 0.220 e. The summed E-state index contributed by atoms with van der Waals surface area (Å²) >= 11 is 0. The first-order valence-corrected chi connectivity index (χ1v) is 5.57. The van der Waals surface area contributed by atoms with Crippen LogP contribution in [0.2, 0.25) is 0 Å². The second kappa shape index (κ2) is 5.55. The standard InChI is InChI=1S/C11H16N4O/c16-11(5-9-1-3-12-6-9)14-7-10-2-4-13-8-15-10/h2,4,8-9,12H,1,3,5-7H2,(H,14,16). The first kappa shape index (κ1) is 11.0. The van der Waals surface area contributed by atoms with Gasteiger partial charge in [0.2, 0.25) is 5.91 Å². The highest BCUT2D eigenvalue weighted by Gasteiger charge is 2.17. The van der Waals surface area contributed by atoms with Crippen molar-refractivity contribution >= 4 is 5.91 Å². The van der Waals surface area contributed by atoms with Gasteiger partial charge in [-0.2, -0.15) is 0 Å². The van der Waals surface area contributed by atoms with Crippen LogP contribution in [-0.4, -0.2) is 29.0 Å². The van der Waals surface area contributed by atoms with E-state index in [9.17, 15) is 4.79 Å². The normalized spacial score (nSPS) is 19.6. The quantitative estimate of drug-likeness (QED) is 0.755. The minimum Gasteiger partial charge on any atom is -0.350 e. The van der Waals surface area contributed by atoms with Crippen molar-refractivity contribution < 1.29 is 4.79 Å². The number of rotatable bonds is 4. The number of aromatic nitrogens is 2. The zero-order chi connectivity index (χ0) is 11.2. The third-order valence-corrected chi connectivity index (χ3v) is 2.75. The molecule has 86 valence electrons. The lowest BCUT2D eigenvalue weighted by Crippen LogP contribution is -2.26. The van der Waals surface area contributed by atoms with E-state index in [-0.39, 0.29) is 5.91 Å². The van der Waals surface area contributed by atoms with Crippen LogP contribution in [0.5, 0.6) is 0 Å². The van der Waals surface area contributed by atoms with Gasteiger partial charge >= 0.3 is 0 Å². The van der Waals surface area contributed by atoms with Gasteiger partial charge in [0.15, 0.2) is 0 Å². The minimum absolute atomic E-state index is 0.104. The van der Waals surface area contributed by atoms with Gasteiger partial charge in [0.05, 0.1) is 12.2 Å². The van der Waals surface area contributed by atoms with Crippen LogP contribution in [0.15, 0.2) is 18.6 Å². The van der Waals surface area contributed by atoms with Crippen molar-refractivity contribution in [1.82, 2.24) is 20.6 Å². The molecule has 16 heavy (non-hydrogen) atoms. The number of carbonyl (C=O) groups is 1. The van der Waals surface area contributed by atoms with Crippen molar-refractivity contribution in [3.8, 4) is 0 Å². The van der Waals surface area contributed by atoms with E-state index >= 15 is 0 Å². The van der Waals surface area contributed by atoms with Crippen LogP contribution in [0.1, 0.15) is 18.5 Å². The Balaban J connectivity index is 1.71. The van der Waals surface area contributed by atoms with Crippen LogP contribution in [0, 0.1) is 5.92 Å². The van der Waals surface area contributed by atoms with Gasteiger partial charge in [0.1, 0.15) is 6.33 Å². The van der Waals surface area contributed by atoms with Crippen molar-refractivity contribution in [1.29, 1.82) is 0 Å². The van der Waals surface area contributed by atoms with Gasteiger partial charge in [0.25, 0.3) is 0 Å². The molecule has 1 aliphatic heterocycles. The van der Waals surface area contributed by atoms with Gasteiger partial charge in [-0.1, -0.05) is 0 Å². The van der Waals surface area contributed by atoms with E-state index in [0.29, 0.717) is 18.9 Å². The third-order valence-electron chi connectivity index (χ3n) is 2.75. The van der Waals surface area contributed by atoms with Gasteiger partial charge < -0.3 is 10.6 Å². The molecule has 5 nitrogen and oxygen atoms in total. The Hall–Kier alpha value is -1.49. The van der Waals surface area contributed by atoms with Gasteiger partial charge in [-0.15, -0.1) is 0 Å². The molecular formula is C11H16N4O. The van der Waals surface area contributed by atoms with Gasteiger partial charge in [-0.3, -0.25) is 4.79 Å². The SMILES string of the molecule is O=C(CC1CCNC1)NCc1ccncn1. The smallest absolute Gasteiger partial charge is 0.220 e. The van der Waals surface area contributed by atoms with E-state index in [1.807, 2.05) is 0 Å². The highest BCUT2D eigenvalue weighted by atomic mass is 16.1. The number of amides is 1. The number of nitrogens with one attached hydrogen (secondary N) is 2. The number of carbonyl (C=O) groups excluding carboxylic acids is 1. The molecule has 1 saturated heterocycles. The van der Waals surface area contributed by atoms with Gasteiger partial charge in [0, 0.05) is 12.6 Å². The third kappa shape index (κ3) is 3.27. The summed E-state index contributed by atoms with van der Waals surface area (Å²) in [5.74, 6) is 0.595. The molecule has 2 N–H and O–H groups in total. The summed E-state index contributed by atoms with van der Waals surface area (Å²) < 4.78 is 0. The summed E-state index contributed by atoms with van der Waals surface area (Å²) in [6.45, 7) is 2.48. The highest BCUT2D eigenvalue weighted by molar-refractivity contribution is 5.76. The number of nitrogens with zero attached hydrogens (tertiary/aromatic N) is 2. The molecule has 1 atom stereocenters. The Labute approximate surface area is 94.7 Å². The zero-order valence-electron chi connectivity index (χ0n) is 9.15. The molecule has 0 saturated carbocycles. The molecule has 0 aliphatic carbocycles. The van der Waals surface area contributed by atoms with Crippen molar-refractivity contribution in [2.45, 2.75) is 19.4 Å². The summed E-state index contributed by atoms with van der Waals surface area (Å²) in [5.41, 5.74) is 0.841. The zero-order valence-corrected chi connectivity index (χ0v) is 9.15. The fourth-order valence-electron chi connectivity index (χ4n) is 1.83. The fraction of sp³-hybridized carbons (Fsp3) is 0.545. The molecule has 2 heterocycles. The topological polar surface area (TPSA) is 66.9 Å². The van der Waals surface area contributed by atoms with Crippen LogP contribution >= 0.6 is 0 Å². The maximum absolute atomic E-state index is 11.6. The Morgan fingerprint density at radius 2 is 2.56 bits per heavy atom. The van der Waals surface area contributed by atoms with Crippen molar-refractivity contribution in [2.24, 2.45) is 5.92 Å². The highest BCUT2D eigenvalue weighted by Crippen LogP contribution is 2.11. The lowest BCUT2D eigenvalue weighted by atomic mass is 10.0. The van der Waals surface area contributed by atoms with Gasteiger partial charge in [-0.05, 0) is 31.5 Å². The van der Waals surface area contributed by atoms with E-state index < -0.39 is 0 Å². The van der Waals surface area contributed by atoms with Crippen LogP contribution in [0.4, 0.5) is 0 Å². The van der Waals surface area contributed by atoms with E-state index in [0.717, 1.165) is 25.2 Å². The first-order chi connectivity index (χ1) is 7.84. The maximum atomic E-state index is 11.6. The molecule has 1 aromatic heterocycles. The lowest BCUT2D eigenvalue weighted by molar-refractivity contribution is -0.122. The van der Waals surface area contributed by atoms with Crippen LogP contribution in [0.3, 0.4) is 0 Å². The molecule has 0 spiro atoms. The Morgan fingerprint density at radius 3 is 3.25 bits per heavy atom. The van der Waals surface area contributed by atoms with Crippen molar-refractivity contribution in [2.75, 3.05) is 13.1 Å². The average Bonchev–Trinajstić information content (AvgIpc) is 2.81.